The van der Waals surface area contributed by atoms with E-state index in [1.807, 2.05) is 0 Å². The van der Waals surface area contributed by atoms with E-state index < -0.39 is 0 Å². The predicted octanol–water partition coefficient (Wildman–Crippen LogP) is 2.18. The van der Waals surface area contributed by atoms with E-state index in [2.05, 4.69) is 36.1 Å². The minimum absolute atomic E-state index is 0. The topological polar surface area (TPSA) is 0 Å². The molecule has 0 amide bonds. The molecule has 0 spiro atoms. The highest BCUT2D eigenvalue weighted by Gasteiger charge is 1.86. The van der Waals surface area contributed by atoms with Gasteiger partial charge in [0.25, 0.3) is 0 Å². The molecule has 0 aromatic heterocycles. The maximum atomic E-state index is 2.28. The van der Waals surface area contributed by atoms with Crippen molar-refractivity contribution in [1.82, 2.24) is 0 Å². The molecule has 0 bridgehead atoms. The first-order valence-electron chi connectivity index (χ1n) is 3.25. The van der Waals surface area contributed by atoms with Crippen LogP contribution in [-0.2, 0) is 5.28 Å². The summed E-state index contributed by atoms with van der Waals surface area (Å²) < 4.78 is 0. The van der Waals surface area contributed by atoms with E-state index in [0.717, 1.165) is 0 Å². The molecule has 0 heterocycles. The molecule has 1 aromatic rings. The highest BCUT2D eigenvalue weighted by Crippen LogP contribution is 1.97. The third-order valence-corrected chi connectivity index (χ3v) is 2.16. The zero-order chi connectivity index (χ0) is 6.53. The van der Waals surface area contributed by atoms with Crippen LogP contribution >= 0.6 is 0 Å². The molecule has 0 atom stereocenters. The largest absolute Gasteiger partial charge is 0.202 e. The molecule has 0 fully saturated rings. The Bertz CT molecular complexity index is 162. The van der Waals surface area contributed by atoms with E-state index in [1.165, 1.54) is 10.8 Å². The molecule has 1 aromatic carbocycles. The first-order chi connectivity index (χ1) is 4.43. The Morgan fingerprint density at radius 3 is 2.56 bits per heavy atom. The van der Waals surface area contributed by atoms with Gasteiger partial charge < -0.3 is 0 Å². The Morgan fingerprint density at radius 1 is 1.33 bits per heavy atom. The van der Waals surface area contributed by atoms with E-state index in [4.69, 9.17) is 0 Å². The molecule has 0 saturated carbocycles. The summed E-state index contributed by atoms with van der Waals surface area (Å²) in [6.07, 6.45) is 0. The summed E-state index contributed by atoms with van der Waals surface area (Å²) >= 11 is 0.625. The standard InChI is InChI=1S/C7H7.CH3.Al.H2/c1-7-5-3-2-4-6-7;;;/h2-6H,1H2;1H3;;1H. The van der Waals surface area contributed by atoms with Crippen LogP contribution in [0.5, 0.6) is 0 Å². The monoisotopic (exact) mass is 135 g/mol. The lowest BCUT2D eigenvalue weighted by atomic mass is 10.2. The minimum atomic E-state index is 0. The molecule has 9 heavy (non-hydrogen) atoms. The maximum absolute atomic E-state index is 2.28. The molecule has 1 radical (unpaired) electrons. The highest BCUT2D eigenvalue weighted by atomic mass is 27.1. The maximum Gasteiger partial charge on any atom is 0.202 e. The molecule has 0 aliphatic rings. The zero-order valence-electron chi connectivity index (χ0n) is 5.67. The summed E-state index contributed by atoms with van der Waals surface area (Å²) in [5.41, 5.74) is 1.48. The third kappa shape index (κ3) is 2.22. The van der Waals surface area contributed by atoms with Crippen LogP contribution in [0, 0.1) is 0 Å². The van der Waals surface area contributed by atoms with Gasteiger partial charge in [0.05, 0.1) is 0 Å². The molecule has 0 aliphatic carbocycles. The van der Waals surface area contributed by atoms with Crippen LogP contribution in [0.2, 0.25) is 5.79 Å². The second kappa shape index (κ2) is 3.72. The lowest BCUT2D eigenvalue weighted by molar-refractivity contribution is 1.38. The van der Waals surface area contributed by atoms with Gasteiger partial charge in [-0.05, 0) is 0 Å². The fourth-order valence-electron chi connectivity index (χ4n) is 0.850. The smallest absolute Gasteiger partial charge is 0.114 e. The molecule has 1 rings (SSSR count). The molecule has 47 valence electrons. The first-order valence-corrected chi connectivity index (χ1v) is 5.22. The third-order valence-electron chi connectivity index (χ3n) is 1.28. The molecular formula is C8H12Al. The number of hydrogen-bond acceptors (Lipinski definition) is 0. The van der Waals surface area contributed by atoms with Crippen LogP contribution in [0.3, 0.4) is 0 Å². The lowest BCUT2D eigenvalue weighted by Crippen LogP contribution is -1.88. The van der Waals surface area contributed by atoms with Gasteiger partial charge in [0.2, 0.25) is 15.2 Å². The second-order valence-electron chi connectivity index (χ2n) is 2.10. The van der Waals surface area contributed by atoms with Crippen molar-refractivity contribution >= 4 is 15.2 Å². The summed E-state index contributed by atoms with van der Waals surface area (Å²) in [5, 5.41) is 1.29. The molecule has 0 nitrogen and oxygen atoms in total. The summed E-state index contributed by atoms with van der Waals surface area (Å²) in [6.45, 7) is 0. The van der Waals surface area contributed by atoms with Crippen molar-refractivity contribution in [2.45, 2.75) is 11.1 Å². The van der Waals surface area contributed by atoms with Gasteiger partial charge in [-0.2, -0.15) is 0 Å². The molecular weight excluding hydrogens is 123 g/mol. The first kappa shape index (κ1) is 6.87. The van der Waals surface area contributed by atoms with E-state index in [9.17, 15) is 0 Å². The number of rotatable bonds is 2. The van der Waals surface area contributed by atoms with Crippen LogP contribution in [0.15, 0.2) is 30.3 Å². The predicted molar refractivity (Wildman–Crippen MR) is 43.9 cm³/mol. The van der Waals surface area contributed by atoms with Crippen molar-refractivity contribution in [2.24, 2.45) is 0 Å². The number of hydrogen-bond donors (Lipinski definition) is 0. The van der Waals surface area contributed by atoms with E-state index >= 15 is 0 Å². The van der Waals surface area contributed by atoms with E-state index in [1.54, 1.807) is 0 Å². The Balaban J connectivity index is 0.000000810. The van der Waals surface area contributed by atoms with Crippen molar-refractivity contribution in [1.29, 1.82) is 0 Å². The van der Waals surface area contributed by atoms with Gasteiger partial charge in [-0.15, -0.1) is 5.79 Å². The van der Waals surface area contributed by atoms with Crippen LogP contribution < -0.4 is 0 Å². The van der Waals surface area contributed by atoms with Crippen LogP contribution in [0.4, 0.5) is 0 Å². The summed E-state index contributed by atoms with van der Waals surface area (Å²) in [5.74, 6) is 2.28. The summed E-state index contributed by atoms with van der Waals surface area (Å²) in [7, 11) is 0. The van der Waals surface area contributed by atoms with Gasteiger partial charge in [-0.1, -0.05) is 41.2 Å². The Morgan fingerprint density at radius 2 is 2.00 bits per heavy atom. The molecule has 0 saturated heterocycles. The second-order valence-corrected chi connectivity index (χ2v) is 3.32. The minimum Gasteiger partial charge on any atom is -0.114 e. The van der Waals surface area contributed by atoms with Gasteiger partial charge in [0.15, 0.2) is 0 Å². The van der Waals surface area contributed by atoms with Crippen molar-refractivity contribution < 1.29 is 1.43 Å². The SMILES string of the molecule is [CH3][Al][CH2]c1ccccc1.[HH]. The van der Waals surface area contributed by atoms with Gasteiger partial charge in [-0.3, -0.25) is 0 Å². The van der Waals surface area contributed by atoms with Crippen LogP contribution in [0.1, 0.15) is 6.99 Å². The van der Waals surface area contributed by atoms with Gasteiger partial charge in [-0.25, -0.2) is 0 Å². The lowest BCUT2D eigenvalue weighted by Gasteiger charge is -1.92. The normalized spacial score (nSPS) is 9.00. The Kier molecular flexibility index (Phi) is 2.84. The van der Waals surface area contributed by atoms with Crippen LogP contribution in [-0.4, -0.2) is 15.2 Å². The quantitative estimate of drug-likeness (QED) is 0.545. The fraction of sp³-hybridized carbons (Fsp3) is 0.250. The Labute approximate surface area is 64.1 Å². The fourth-order valence-corrected chi connectivity index (χ4v) is 1.59. The molecule has 0 aliphatic heterocycles. The van der Waals surface area contributed by atoms with Crippen molar-refractivity contribution in [3.63, 3.8) is 0 Å². The highest BCUT2D eigenvalue weighted by molar-refractivity contribution is 6.32. The number of benzene rings is 1. The summed E-state index contributed by atoms with van der Waals surface area (Å²) in [6, 6.07) is 10.6. The molecule has 0 N–H and O–H groups in total. The van der Waals surface area contributed by atoms with E-state index in [-0.39, 0.29) is 1.43 Å². The zero-order valence-corrected chi connectivity index (χ0v) is 6.83. The average Bonchev–Trinajstić information content (AvgIpc) is 1.91. The molecule has 1 heteroatoms. The summed E-state index contributed by atoms with van der Waals surface area (Å²) in [4.78, 5) is 0. The van der Waals surface area contributed by atoms with Crippen molar-refractivity contribution in [3.05, 3.63) is 35.9 Å². The van der Waals surface area contributed by atoms with Gasteiger partial charge in [0.1, 0.15) is 0 Å². The van der Waals surface area contributed by atoms with E-state index in [0.29, 0.717) is 15.2 Å². The Hall–Kier alpha value is -0.248. The van der Waals surface area contributed by atoms with Gasteiger partial charge in [0, 0.05) is 1.43 Å². The van der Waals surface area contributed by atoms with Crippen molar-refractivity contribution in [3.8, 4) is 0 Å². The van der Waals surface area contributed by atoms with Gasteiger partial charge >= 0.3 is 0 Å². The molecule has 0 unspecified atom stereocenters. The van der Waals surface area contributed by atoms with Crippen LogP contribution in [0.25, 0.3) is 0 Å². The van der Waals surface area contributed by atoms with Crippen molar-refractivity contribution in [2.75, 3.05) is 0 Å². The average molecular weight is 135 g/mol.